The van der Waals surface area contributed by atoms with E-state index in [2.05, 4.69) is 15.8 Å². The Morgan fingerprint density at radius 1 is 0.875 bits per heavy atom. The van der Waals surface area contributed by atoms with E-state index in [1.165, 1.54) is 0 Å². The number of nitrogen functional groups attached to an aromatic ring is 1. The number of para-hydroxylation sites is 2. The Labute approximate surface area is 93.8 Å². The van der Waals surface area contributed by atoms with E-state index in [9.17, 15) is 0 Å². The van der Waals surface area contributed by atoms with Crippen LogP contribution in [0.2, 0.25) is 0 Å². The van der Waals surface area contributed by atoms with Gasteiger partial charge in [-0.2, -0.15) is 0 Å². The molecular formula is C12H12N4. The molecule has 0 fully saturated rings. The van der Waals surface area contributed by atoms with Crippen molar-refractivity contribution >= 4 is 17.1 Å². The van der Waals surface area contributed by atoms with E-state index in [0.717, 1.165) is 5.69 Å². The highest BCUT2D eigenvalue weighted by Crippen LogP contribution is 2.20. The van der Waals surface area contributed by atoms with Gasteiger partial charge in [0.1, 0.15) is 5.69 Å². The van der Waals surface area contributed by atoms with Crippen molar-refractivity contribution in [3.05, 3.63) is 54.6 Å². The van der Waals surface area contributed by atoms with Crippen molar-refractivity contribution in [2.24, 2.45) is 10.3 Å². The van der Waals surface area contributed by atoms with Gasteiger partial charge in [0.25, 0.3) is 0 Å². The first kappa shape index (κ1) is 10.2. The van der Waals surface area contributed by atoms with E-state index in [0.29, 0.717) is 11.4 Å². The zero-order valence-corrected chi connectivity index (χ0v) is 8.67. The summed E-state index contributed by atoms with van der Waals surface area (Å²) in [6, 6.07) is 16.9. The Hall–Kier alpha value is -2.36. The molecule has 0 aliphatic rings. The summed E-state index contributed by atoms with van der Waals surface area (Å²) in [5.74, 6) is 0. The van der Waals surface area contributed by atoms with E-state index < -0.39 is 0 Å². The Morgan fingerprint density at radius 3 is 2.31 bits per heavy atom. The van der Waals surface area contributed by atoms with Gasteiger partial charge in [0.2, 0.25) is 0 Å². The second kappa shape index (κ2) is 4.93. The molecule has 4 heteroatoms. The maximum absolute atomic E-state index is 5.72. The van der Waals surface area contributed by atoms with Gasteiger partial charge in [-0.3, -0.25) is 5.43 Å². The Morgan fingerprint density at radius 2 is 1.56 bits per heavy atom. The minimum Gasteiger partial charge on any atom is -0.397 e. The molecule has 2 aromatic carbocycles. The van der Waals surface area contributed by atoms with Gasteiger partial charge >= 0.3 is 0 Å². The number of benzene rings is 2. The van der Waals surface area contributed by atoms with Crippen LogP contribution in [0.1, 0.15) is 0 Å². The van der Waals surface area contributed by atoms with Crippen LogP contribution in [0.5, 0.6) is 0 Å². The molecule has 0 aliphatic heterocycles. The molecule has 0 heterocycles. The third kappa shape index (κ3) is 2.57. The standard InChI is InChI=1S/C12H12N4/c13-11-8-4-5-9-12(11)15-16-14-10-6-2-1-3-7-10/h1-9H,13H2,(H,14,15). The van der Waals surface area contributed by atoms with Crippen molar-refractivity contribution in [1.82, 2.24) is 0 Å². The Balaban J connectivity index is 2.03. The zero-order chi connectivity index (χ0) is 11.2. The van der Waals surface area contributed by atoms with Gasteiger partial charge in [-0.1, -0.05) is 35.6 Å². The van der Waals surface area contributed by atoms with E-state index >= 15 is 0 Å². The molecule has 2 rings (SSSR count). The summed E-state index contributed by atoms with van der Waals surface area (Å²) >= 11 is 0. The lowest BCUT2D eigenvalue weighted by Gasteiger charge is -1.99. The molecule has 80 valence electrons. The SMILES string of the molecule is Nc1ccccc1N=NNc1ccccc1. The Bertz CT molecular complexity index is 479. The molecule has 0 radical (unpaired) electrons. The molecule has 0 bridgehead atoms. The quantitative estimate of drug-likeness (QED) is 0.465. The largest absolute Gasteiger partial charge is 0.397 e. The first-order valence-electron chi connectivity index (χ1n) is 4.92. The smallest absolute Gasteiger partial charge is 0.110 e. The molecule has 0 atom stereocenters. The second-order valence-electron chi connectivity index (χ2n) is 3.24. The highest BCUT2D eigenvalue weighted by atomic mass is 15.4. The lowest BCUT2D eigenvalue weighted by Crippen LogP contribution is -1.86. The molecule has 2 aromatic rings. The molecule has 0 aliphatic carbocycles. The maximum atomic E-state index is 5.72. The minimum absolute atomic E-state index is 0.612. The molecule has 0 aromatic heterocycles. The van der Waals surface area contributed by atoms with Crippen LogP contribution in [-0.2, 0) is 0 Å². The third-order valence-corrected chi connectivity index (χ3v) is 2.05. The van der Waals surface area contributed by atoms with Crippen LogP contribution in [0, 0.1) is 0 Å². The molecule has 0 spiro atoms. The van der Waals surface area contributed by atoms with Crippen molar-refractivity contribution in [3.63, 3.8) is 0 Å². The lowest BCUT2D eigenvalue weighted by atomic mass is 10.3. The van der Waals surface area contributed by atoms with Gasteiger partial charge in [0.05, 0.1) is 11.4 Å². The first-order valence-corrected chi connectivity index (χ1v) is 4.92. The molecule has 0 saturated carbocycles. The minimum atomic E-state index is 0.612. The van der Waals surface area contributed by atoms with Crippen molar-refractivity contribution < 1.29 is 0 Å². The lowest BCUT2D eigenvalue weighted by molar-refractivity contribution is 1.13. The van der Waals surface area contributed by atoms with Crippen LogP contribution in [-0.4, -0.2) is 0 Å². The fourth-order valence-electron chi connectivity index (χ4n) is 1.23. The van der Waals surface area contributed by atoms with E-state index in [4.69, 9.17) is 5.73 Å². The number of nitrogens with zero attached hydrogens (tertiary/aromatic N) is 2. The summed E-state index contributed by atoms with van der Waals surface area (Å²) in [4.78, 5) is 0. The summed E-state index contributed by atoms with van der Waals surface area (Å²) in [5, 5.41) is 7.86. The highest BCUT2D eigenvalue weighted by Gasteiger charge is 1.93. The van der Waals surface area contributed by atoms with E-state index in [1.807, 2.05) is 48.5 Å². The summed E-state index contributed by atoms with van der Waals surface area (Å²) in [6.45, 7) is 0. The van der Waals surface area contributed by atoms with Crippen LogP contribution in [0.4, 0.5) is 17.1 Å². The molecule has 0 unspecified atom stereocenters. The normalized spacial score (nSPS) is 10.5. The van der Waals surface area contributed by atoms with Crippen LogP contribution in [0.15, 0.2) is 64.9 Å². The van der Waals surface area contributed by atoms with Crippen LogP contribution in [0.25, 0.3) is 0 Å². The van der Waals surface area contributed by atoms with Gasteiger partial charge in [0, 0.05) is 0 Å². The Kier molecular flexibility index (Phi) is 3.13. The van der Waals surface area contributed by atoms with Crippen LogP contribution >= 0.6 is 0 Å². The molecule has 4 nitrogen and oxygen atoms in total. The van der Waals surface area contributed by atoms with Gasteiger partial charge in [0.15, 0.2) is 0 Å². The fraction of sp³-hybridized carbons (Fsp3) is 0. The zero-order valence-electron chi connectivity index (χ0n) is 8.67. The van der Waals surface area contributed by atoms with Crippen molar-refractivity contribution in [2.45, 2.75) is 0 Å². The maximum Gasteiger partial charge on any atom is 0.110 e. The monoisotopic (exact) mass is 212 g/mol. The number of rotatable bonds is 3. The predicted octanol–water partition coefficient (Wildman–Crippen LogP) is 3.38. The van der Waals surface area contributed by atoms with Gasteiger partial charge < -0.3 is 5.73 Å². The van der Waals surface area contributed by atoms with E-state index in [-0.39, 0.29) is 0 Å². The summed E-state index contributed by atoms with van der Waals surface area (Å²) < 4.78 is 0. The summed E-state index contributed by atoms with van der Waals surface area (Å²) in [7, 11) is 0. The second-order valence-corrected chi connectivity index (χ2v) is 3.24. The van der Waals surface area contributed by atoms with E-state index in [1.54, 1.807) is 6.07 Å². The average Bonchev–Trinajstić information content (AvgIpc) is 2.33. The number of hydrogen-bond acceptors (Lipinski definition) is 3. The van der Waals surface area contributed by atoms with Crippen LogP contribution < -0.4 is 11.2 Å². The predicted molar refractivity (Wildman–Crippen MR) is 65.4 cm³/mol. The number of nitrogens with one attached hydrogen (secondary N) is 1. The fourth-order valence-corrected chi connectivity index (χ4v) is 1.23. The summed E-state index contributed by atoms with van der Waals surface area (Å²) in [6.07, 6.45) is 0. The molecule has 16 heavy (non-hydrogen) atoms. The average molecular weight is 212 g/mol. The van der Waals surface area contributed by atoms with Gasteiger partial charge in [-0.25, -0.2) is 0 Å². The molecule has 3 N–H and O–H groups in total. The number of hydrogen-bond donors (Lipinski definition) is 2. The number of nitrogens with two attached hydrogens (primary N) is 1. The first-order chi connectivity index (χ1) is 7.86. The molecular weight excluding hydrogens is 200 g/mol. The number of anilines is 2. The van der Waals surface area contributed by atoms with Gasteiger partial charge in [-0.15, -0.1) is 5.11 Å². The topological polar surface area (TPSA) is 62.8 Å². The van der Waals surface area contributed by atoms with Crippen LogP contribution in [0.3, 0.4) is 0 Å². The molecule has 0 saturated heterocycles. The van der Waals surface area contributed by atoms with Crippen molar-refractivity contribution in [3.8, 4) is 0 Å². The summed E-state index contributed by atoms with van der Waals surface area (Å²) in [5.41, 5.74) is 10.7. The third-order valence-electron chi connectivity index (χ3n) is 2.05. The van der Waals surface area contributed by atoms with Crippen molar-refractivity contribution in [2.75, 3.05) is 11.2 Å². The molecule has 0 amide bonds. The highest BCUT2D eigenvalue weighted by molar-refractivity contribution is 5.61. The van der Waals surface area contributed by atoms with Gasteiger partial charge in [-0.05, 0) is 24.3 Å². The van der Waals surface area contributed by atoms with Crippen molar-refractivity contribution in [1.29, 1.82) is 0 Å².